The number of carbonyl (C=O) groups excluding carboxylic acids is 1. The van der Waals surface area contributed by atoms with E-state index < -0.39 is 9.96 Å². The Morgan fingerprint density at radius 1 is 1.08 bits per heavy atom. The second-order valence-corrected chi connectivity index (χ2v) is 9.00. The molecule has 142 valence electrons. The molecule has 1 aliphatic rings. The van der Waals surface area contributed by atoms with Gasteiger partial charge < -0.3 is 10.6 Å². The largest absolute Gasteiger partial charge is 0.337 e. The number of hydrogen-bond acceptors (Lipinski definition) is 2. The molecule has 0 aromatic heterocycles. The number of rotatable bonds is 4. The van der Waals surface area contributed by atoms with E-state index >= 15 is 0 Å². The minimum absolute atomic E-state index is 0.182. The second-order valence-electron chi connectivity index (χ2n) is 6.25. The predicted molar refractivity (Wildman–Crippen MR) is 113 cm³/mol. The summed E-state index contributed by atoms with van der Waals surface area (Å²) in [4.78, 5) is 16.7. The molecule has 1 atom stereocenters. The SMILES string of the molecule is O=C(Cc1ccccc1)N[C@H](NC(=S)N=C1CCCCCC1)C(Cl)(Cl)Cl. The Kier molecular flexibility index (Phi) is 8.61. The highest BCUT2D eigenvalue weighted by Crippen LogP contribution is 2.29. The first-order chi connectivity index (χ1) is 12.3. The molecule has 0 unspecified atom stereocenters. The zero-order valence-electron chi connectivity index (χ0n) is 14.3. The molecule has 0 heterocycles. The van der Waals surface area contributed by atoms with Crippen LogP contribution in [0.25, 0.3) is 0 Å². The summed E-state index contributed by atoms with van der Waals surface area (Å²) in [6, 6.07) is 9.34. The van der Waals surface area contributed by atoms with Crippen LogP contribution in [0, 0.1) is 0 Å². The van der Waals surface area contributed by atoms with E-state index in [-0.39, 0.29) is 17.4 Å². The quantitative estimate of drug-likeness (QED) is 0.312. The summed E-state index contributed by atoms with van der Waals surface area (Å²) in [5.41, 5.74) is 1.92. The van der Waals surface area contributed by atoms with E-state index in [4.69, 9.17) is 47.0 Å². The van der Waals surface area contributed by atoms with E-state index in [1.807, 2.05) is 30.3 Å². The van der Waals surface area contributed by atoms with E-state index in [1.165, 1.54) is 12.8 Å². The van der Waals surface area contributed by atoms with E-state index in [9.17, 15) is 4.79 Å². The zero-order valence-corrected chi connectivity index (χ0v) is 17.4. The number of aliphatic imine (C=N–C) groups is 1. The molecule has 0 saturated heterocycles. The van der Waals surface area contributed by atoms with Crippen LogP contribution in [0.1, 0.15) is 44.1 Å². The van der Waals surface area contributed by atoms with Crippen LogP contribution < -0.4 is 10.6 Å². The Morgan fingerprint density at radius 3 is 2.27 bits per heavy atom. The van der Waals surface area contributed by atoms with Gasteiger partial charge in [0.05, 0.1) is 6.42 Å². The van der Waals surface area contributed by atoms with Crippen LogP contribution in [0.15, 0.2) is 35.3 Å². The fourth-order valence-corrected chi connectivity index (χ4v) is 3.32. The number of nitrogens with one attached hydrogen (secondary N) is 2. The van der Waals surface area contributed by atoms with Crippen molar-refractivity contribution >= 4 is 63.8 Å². The summed E-state index contributed by atoms with van der Waals surface area (Å²) in [5.74, 6) is -0.273. The van der Waals surface area contributed by atoms with Crippen molar-refractivity contribution in [1.82, 2.24) is 10.6 Å². The monoisotopic (exact) mass is 433 g/mol. The summed E-state index contributed by atoms with van der Waals surface area (Å²) < 4.78 is -1.76. The average Bonchev–Trinajstić information content (AvgIpc) is 2.83. The number of thiocarbonyl (C=S) groups is 1. The molecular weight excluding hydrogens is 413 g/mol. The van der Waals surface area contributed by atoms with Gasteiger partial charge in [-0.2, -0.15) is 0 Å². The van der Waals surface area contributed by atoms with Crippen molar-refractivity contribution in [1.29, 1.82) is 0 Å². The number of amides is 1. The molecule has 0 spiro atoms. The molecule has 1 amide bonds. The number of nitrogens with zero attached hydrogens (tertiary/aromatic N) is 1. The Balaban J connectivity index is 1.97. The minimum Gasteiger partial charge on any atom is -0.337 e. The van der Waals surface area contributed by atoms with Gasteiger partial charge in [-0.25, -0.2) is 4.99 Å². The maximum absolute atomic E-state index is 12.3. The molecular formula is C18H22Cl3N3OS. The molecule has 2 rings (SSSR count). The lowest BCUT2D eigenvalue weighted by molar-refractivity contribution is -0.121. The van der Waals surface area contributed by atoms with Gasteiger partial charge in [-0.05, 0) is 43.5 Å². The van der Waals surface area contributed by atoms with Crippen molar-refractivity contribution < 1.29 is 4.79 Å². The molecule has 2 N–H and O–H groups in total. The number of alkyl halides is 3. The smallest absolute Gasteiger partial charge is 0.228 e. The molecule has 1 aromatic rings. The number of halogens is 3. The highest BCUT2D eigenvalue weighted by Gasteiger charge is 2.34. The van der Waals surface area contributed by atoms with Crippen LogP contribution in [0.2, 0.25) is 0 Å². The highest BCUT2D eigenvalue weighted by atomic mass is 35.6. The molecule has 1 fully saturated rings. The summed E-state index contributed by atoms with van der Waals surface area (Å²) in [6.45, 7) is 0. The Morgan fingerprint density at radius 2 is 1.69 bits per heavy atom. The molecule has 0 bridgehead atoms. The Labute approximate surface area is 174 Å². The van der Waals surface area contributed by atoms with Gasteiger partial charge in [-0.15, -0.1) is 0 Å². The molecule has 1 aromatic carbocycles. The summed E-state index contributed by atoms with van der Waals surface area (Å²) >= 11 is 23.3. The van der Waals surface area contributed by atoms with Crippen molar-refractivity contribution in [2.75, 3.05) is 0 Å². The van der Waals surface area contributed by atoms with Gasteiger partial charge in [-0.3, -0.25) is 4.79 Å². The third-order valence-electron chi connectivity index (χ3n) is 4.05. The molecule has 8 heteroatoms. The standard InChI is InChI=1S/C18H22Cl3N3OS/c19-18(20,21)16(23-15(25)12-13-8-4-3-5-9-13)24-17(26)22-14-10-6-1-2-7-11-14/h3-5,8-9,16H,1-2,6-7,10-12H2,(H,23,25)(H,24,26)/t16-/m1/s1. The van der Waals surface area contributed by atoms with Gasteiger partial charge in [0.15, 0.2) is 5.11 Å². The van der Waals surface area contributed by atoms with Gasteiger partial charge in [0, 0.05) is 5.71 Å². The predicted octanol–water partition coefficient (Wildman–Crippen LogP) is 4.71. The normalized spacial score (nSPS) is 16.3. The average molecular weight is 435 g/mol. The number of benzene rings is 1. The first-order valence-corrected chi connectivity index (χ1v) is 10.2. The molecule has 1 saturated carbocycles. The van der Waals surface area contributed by atoms with Crippen LogP contribution in [0.3, 0.4) is 0 Å². The van der Waals surface area contributed by atoms with Crippen molar-refractivity contribution in [2.24, 2.45) is 4.99 Å². The number of hydrogen-bond donors (Lipinski definition) is 2. The third kappa shape index (κ3) is 7.78. The van der Waals surface area contributed by atoms with E-state index in [2.05, 4.69) is 15.6 Å². The van der Waals surface area contributed by atoms with Gasteiger partial charge in [-0.1, -0.05) is 78.0 Å². The molecule has 1 aliphatic carbocycles. The first kappa shape index (κ1) is 21.4. The molecule has 0 aliphatic heterocycles. The van der Waals surface area contributed by atoms with Crippen LogP contribution in [0.4, 0.5) is 0 Å². The van der Waals surface area contributed by atoms with Gasteiger partial charge in [0.25, 0.3) is 0 Å². The van der Waals surface area contributed by atoms with Crippen molar-refractivity contribution in [2.45, 2.75) is 54.9 Å². The topological polar surface area (TPSA) is 53.5 Å². The lowest BCUT2D eigenvalue weighted by atomic mass is 10.1. The third-order valence-corrected chi connectivity index (χ3v) is 4.91. The maximum Gasteiger partial charge on any atom is 0.228 e. The Hall–Kier alpha value is -0.880. The lowest BCUT2D eigenvalue weighted by Gasteiger charge is -2.26. The van der Waals surface area contributed by atoms with Crippen LogP contribution in [0.5, 0.6) is 0 Å². The van der Waals surface area contributed by atoms with Crippen molar-refractivity contribution in [3.63, 3.8) is 0 Å². The minimum atomic E-state index is -1.76. The highest BCUT2D eigenvalue weighted by molar-refractivity contribution is 7.80. The second kappa shape index (κ2) is 10.5. The van der Waals surface area contributed by atoms with Crippen LogP contribution in [-0.4, -0.2) is 26.7 Å². The van der Waals surface area contributed by atoms with E-state index in [1.54, 1.807) is 0 Å². The maximum atomic E-state index is 12.3. The molecule has 26 heavy (non-hydrogen) atoms. The fourth-order valence-electron chi connectivity index (χ4n) is 2.74. The van der Waals surface area contributed by atoms with Gasteiger partial charge in [0.2, 0.25) is 9.70 Å². The number of carbonyl (C=O) groups is 1. The summed E-state index contributed by atoms with van der Waals surface area (Å²) in [7, 11) is 0. The van der Waals surface area contributed by atoms with Crippen molar-refractivity contribution in [3.05, 3.63) is 35.9 Å². The lowest BCUT2D eigenvalue weighted by Crippen LogP contribution is -2.55. The zero-order chi connectivity index (χ0) is 19.0. The van der Waals surface area contributed by atoms with Gasteiger partial charge >= 0.3 is 0 Å². The van der Waals surface area contributed by atoms with Crippen LogP contribution >= 0.6 is 47.0 Å². The summed E-state index contributed by atoms with van der Waals surface area (Å²) in [5, 5.41) is 5.76. The summed E-state index contributed by atoms with van der Waals surface area (Å²) in [6.07, 6.45) is 5.73. The van der Waals surface area contributed by atoms with Crippen LogP contribution in [-0.2, 0) is 11.2 Å². The fraction of sp³-hybridized carbons (Fsp3) is 0.500. The van der Waals surface area contributed by atoms with E-state index in [0.717, 1.165) is 37.0 Å². The van der Waals surface area contributed by atoms with Crippen molar-refractivity contribution in [3.8, 4) is 0 Å². The van der Waals surface area contributed by atoms with E-state index in [0.29, 0.717) is 0 Å². The first-order valence-electron chi connectivity index (χ1n) is 8.61. The Bertz CT molecular complexity index is 637. The molecule has 0 radical (unpaired) electrons. The molecule has 4 nitrogen and oxygen atoms in total. The van der Waals surface area contributed by atoms with Gasteiger partial charge in [0.1, 0.15) is 6.17 Å².